The molecule has 1 saturated carbocycles. The molecule has 7 nitrogen and oxygen atoms in total. The smallest absolute Gasteiger partial charge is 0.327 e. The summed E-state index contributed by atoms with van der Waals surface area (Å²) in [4.78, 5) is 40.5. The number of nitrogens with zero attached hydrogens (tertiary/aromatic N) is 2. The molecular formula is C20H27ClN4O3. The number of urea groups is 1. The molecule has 1 aromatic rings. The second-order valence-corrected chi connectivity index (χ2v) is 7.81. The Morgan fingerprint density at radius 1 is 1.14 bits per heavy atom. The molecule has 2 N–H and O–H groups in total. The van der Waals surface area contributed by atoms with Gasteiger partial charge in [-0.15, -0.1) is 12.4 Å². The predicted molar refractivity (Wildman–Crippen MR) is 107 cm³/mol. The van der Waals surface area contributed by atoms with Crippen LogP contribution in [-0.4, -0.2) is 46.8 Å². The van der Waals surface area contributed by atoms with E-state index in [9.17, 15) is 14.4 Å². The summed E-state index contributed by atoms with van der Waals surface area (Å²) < 4.78 is 0. The quantitative estimate of drug-likeness (QED) is 0.748. The number of fused-ring (bicyclic) bond motifs is 1. The summed E-state index contributed by atoms with van der Waals surface area (Å²) in [5, 5.41) is 6.14. The van der Waals surface area contributed by atoms with Gasteiger partial charge in [0, 0.05) is 26.7 Å². The zero-order valence-corrected chi connectivity index (χ0v) is 16.9. The number of hydrogen-bond donors (Lipinski definition) is 2. The molecule has 4 rings (SSSR count). The van der Waals surface area contributed by atoms with Gasteiger partial charge in [-0.3, -0.25) is 14.5 Å². The summed E-state index contributed by atoms with van der Waals surface area (Å²) in [5.74, 6) is -0.523. The lowest BCUT2D eigenvalue weighted by molar-refractivity contribution is -0.137. The van der Waals surface area contributed by atoms with Crippen molar-refractivity contribution in [3.05, 3.63) is 34.9 Å². The van der Waals surface area contributed by atoms with Crippen LogP contribution >= 0.6 is 12.4 Å². The standard InChI is InChI=1S/C20H26N4O3.ClH/c1-23-19(27)24(18(26)20(23)7-3-2-4-8-20)13-17(25)22-10-14-5-6-15-11-21-12-16(15)9-14;/h5-6,9,21H,2-4,7-8,10-13H2,1H3,(H,22,25);1H. The topological polar surface area (TPSA) is 81.8 Å². The number of nitrogens with one attached hydrogen (secondary N) is 2. The van der Waals surface area contributed by atoms with Crippen molar-refractivity contribution in [2.45, 2.75) is 57.3 Å². The number of carbonyl (C=O) groups is 3. The molecule has 28 heavy (non-hydrogen) atoms. The van der Waals surface area contributed by atoms with Crippen LogP contribution in [0.15, 0.2) is 18.2 Å². The van der Waals surface area contributed by atoms with Crippen molar-refractivity contribution in [1.82, 2.24) is 20.4 Å². The lowest BCUT2D eigenvalue weighted by Gasteiger charge is -2.35. The Kier molecular flexibility index (Phi) is 5.95. The molecule has 2 fully saturated rings. The summed E-state index contributed by atoms with van der Waals surface area (Å²) in [6.07, 6.45) is 4.35. The van der Waals surface area contributed by atoms with Crippen LogP contribution in [0.1, 0.15) is 48.8 Å². The van der Waals surface area contributed by atoms with E-state index in [1.807, 2.05) is 6.07 Å². The Morgan fingerprint density at radius 2 is 1.86 bits per heavy atom. The summed E-state index contributed by atoms with van der Waals surface area (Å²) in [6.45, 7) is 1.91. The zero-order chi connectivity index (χ0) is 19.0. The van der Waals surface area contributed by atoms with Crippen LogP contribution in [0.25, 0.3) is 0 Å². The van der Waals surface area contributed by atoms with Gasteiger partial charge in [0.05, 0.1) is 0 Å². The minimum Gasteiger partial charge on any atom is -0.350 e. The van der Waals surface area contributed by atoms with Gasteiger partial charge >= 0.3 is 6.03 Å². The van der Waals surface area contributed by atoms with E-state index >= 15 is 0 Å². The molecular weight excluding hydrogens is 380 g/mol. The number of benzene rings is 1. The molecule has 1 aromatic carbocycles. The van der Waals surface area contributed by atoms with E-state index in [1.165, 1.54) is 11.1 Å². The Morgan fingerprint density at radius 3 is 2.61 bits per heavy atom. The monoisotopic (exact) mass is 406 g/mol. The molecule has 8 heteroatoms. The van der Waals surface area contributed by atoms with E-state index in [1.54, 1.807) is 11.9 Å². The zero-order valence-electron chi connectivity index (χ0n) is 16.1. The Bertz CT molecular complexity index is 792. The summed E-state index contributed by atoms with van der Waals surface area (Å²) in [7, 11) is 1.68. The third kappa shape index (κ3) is 3.49. The van der Waals surface area contributed by atoms with Crippen LogP contribution in [-0.2, 0) is 29.2 Å². The van der Waals surface area contributed by atoms with Gasteiger partial charge in [0.25, 0.3) is 5.91 Å². The van der Waals surface area contributed by atoms with Gasteiger partial charge in [0.1, 0.15) is 12.1 Å². The molecule has 4 amide bonds. The number of hydrogen-bond acceptors (Lipinski definition) is 4. The van der Waals surface area contributed by atoms with Crippen molar-refractivity contribution in [2.24, 2.45) is 0 Å². The van der Waals surface area contributed by atoms with Crippen LogP contribution in [0.2, 0.25) is 0 Å². The number of likely N-dealkylation sites (N-methyl/N-ethyl adjacent to an activating group) is 1. The van der Waals surface area contributed by atoms with Gasteiger partial charge in [-0.05, 0) is 29.5 Å². The molecule has 2 heterocycles. The molecule has 1 aliphatic carbocycles. The van der Waals surface area contributed by atoms with Gasteiger partial charge in [-0.2, -0.15) is 0 Å². The number of rotatable bonds is 4. The molecule has 2 aliphatic heterocycles. The lowest BCUT2D eigenvalue weighted by Crippen LogP contribution is -2.49. The molecule has 3 aliphatic rings. The van der Waals surface area contributed by atoms with Crippen LogP contribution in [0.4, 0.5) is 4.79 Å². The maximum absolute atomic E-state index is 12.9. The predicted octanol–water partition coefficient (Wildman–Crippen LogP) is 1.92. The Balaban J connectivity index is 0.00000225. The third-order valence-electron chi connectivity index (χ3n) is 6.18. The highest BCUT2D eigenvalue weighted by molar-refractivity contribution is 6.08. The molecule has 0 radical (unpaired) electrons. The third-order valence-corrected chi connectivity index (χ3v) is 6.18. The molecule has 152 valence electrons. The fourth-order valence-corrected chi connectivity index (χ4v) is 4.53. The van der Waals surface area contributed by atoms with Crippen molar-refractivity contribution in [2.75, 3.05) is 13.6 Å². The second kappa shape index (κ2) is 8.09. The SMILES string of the molecule is CN1C(=O)N(CC(=O)NCc2ccc3c(c2)CNC3)C(=O)C12CCCCC2.Cl. The number of carbonyl (C=O) groups excluding carboxylic acids is 3. The molecule has 0 atom stereocenters. The fraction of sp³-hybridized carbons (Fsp3) is 0.550. The van der Waals surface area contributed by atoms with Crippen molar-refractivity contribution in [3.8, 4) is 0 Å². The number of halogens is 1. The summed E-state index contributed by atoms with van der Waals surface area (Å²) in [6, 6.07) is 5.81. The van der Waals surface area contributed by atoms with Gasteiger partial charge in [0.2, 0.25) is 5.91 Å². The second-order valence-electron chi connectivity index (χ2n) is 7.81. The van der Waals surface area contributed by atoms with Crippen LogP contribution in [0.3, 0.4) is 0 Å². The summed E-state index contributed by atoms with van der Waals surface area (Å²) in [5.41, 5.74) is 2.83. The first-order valence-corrected chi connectivity index (χ1v) is 9.69. The fourth-order valence-electron chi connectivity index (χ4n) is 4.53. The van der Waals surface area contributed by atoms with Crippen LogP contribution in [0, 0.1) is 0 Å². The van der Waals surface area contributed by atoms with Crippen molar-refractivity contribution in [1.29, 1.82) is 0 Å². The molecule has 1 saturated heterocycles. The van der Waals surface area contributed by atoms with Crippen molar-refractivity contribution in [3.63, 3.8) is 0 Å². The first-order valence-electron chi connectivity index (χ1n) is 9.69. The van der Waals surface area contributed by atoms with Gasteiger partial charge < -0.3 is 15.5 Å². The normalized spacial score (nSPS) is 20.3. The van der Waals surface area contributed by atoms with E-state index in [0.29, 0.717) is 19.4 Å². The Hall–Kier alpha value is -2.12. The average molecular weight is 407 g/mol. The molecule has 0 aromatic heterocycles. The van der Waals surface area contributed by atoms with Crippen LogP contribution < -0.4 is 10.6 Å². The largest absolute Gasteiger partial charge is 0.350 e. The molecule has 0 bridgehead atoms. The average Bonchev–Trinajstić information content (AvgIpc) is 3.22. The van der Waals surface area contributed by atoms with E-state index in [-0.39, 0.29) is 36.8 Å². The van der Waals surface area contributed by atoms with E-state index in [2.05, 4.69) is 22.8 Å². The summed E-state index contributed by atoms with van der Waals surface area (Å²) >= 11 is 0. The highest BCUT2D eigenvalue weighted by Gasteiger charge is 2.55. The molecule has 1 spiro atoms. The van der Waals surface area contributed by atoms with E-state index in [4.69, 9.17) is 0 Å². The minimum atomic E-state index is -0.734. The van der Waals surface area contributed by atoms with Crippen LogP contribution in [0.5, 0.6) is 0 Å². The number of imide groups is 1. The lowest BCUT2D eigenvalue weighted by atomic mass is 9.81. The van der Waals surface area contributed by atoms with Gasteiger partial charge in [-0.1, -0.05) is 37.5 Å². The number of amides is 4. The van der Waals surface area contributed by atoms with Crippen molar-refractivity contribution >= 4 is 30.3 Å². The maximum Gasteiger partial charge on any atom is 0.327 e. The van der Waals surface area contributed by atoms with E-state index < -0.39 is 5.54 Å². The maximum atomic E-state index is 12.9. The molecule has 0 unspecified atom stereocenters. The van der Waals surface area contributed by atoms with Gasteiger partial charge in [0.15, 0.2) is 0 Å². The minimum absolute atomic E-state index is 0. The first-order chi connectivity index (χ1) is 13.0. The highest BCUT2D eigenvalue weighted by atomic mass is 35.5. The van der Waals surface area contributed by atoms with Crippen molar-refractivity contribution < 1.29 is 14.4 Å². The van der Waals surface area contributed by atoms with Gasteiger partial charge in [-0.25, -0.2) is 4.79 Å². The highest BCUT2D eigenvalue weighted by Crippen LogP contribution is 2.39. The van der Waals surface area contributed by atoms with E-state index in [0.717, 1.165) is 42.8 Å². The Labute approximate surface area is 171 Å². The first kappa shape index (κ1) is 20.6.